The summed E-state index contributed by atoms with van der Waals surface area (Å²) in [7, 11) is 0. The van der Waals surface area contributed by atoms with Crippen molar-refractivity contribution < 1.29 is 14.3 Å². The van der Waals surface area contributed by atoms with Gasteiger partial charge < -0.3 is 9.47 Å². The molecule has 5 nitrogen and oxygen atoms in total. The van der Waals surface area contributed by atoms with Gasteiger partial charge >= 0.3 is 6.09 Å². The molecule has 1 N–H and O–H groups in total. The predicted molar refractivity (Wildman–Crippen MR) is 52.3 cm³/mol. The number of nitrogens with one attached hydrogen (secondary N) is 1. The van der Waals surface area contributed by atoms with Gasteiger partial charge in [-0.15, -0.1) is 0 Å². The first-order valence-electron chi connectivity index (χ1n) is 5.34. The first-order valence-corrected chi connectivity index (χ1v) is 5.34. The maximum Gasteiger partial charge on any atom is 0.412 e. The number of likely N-dealkylation sites (tertiary alicyclic amines) is 1. The van der Waals surface area contributed by atoms with Gasteiger partial charge in [0.25, 0.3) is 0 Å². The zero-order valence-electron chi connectivity index (χ0n) is 9.24. The molecule has 5 heteroatoms. The Balaban J connectivity index is 1.67. The Bertz CT molecular complexity index is 319. The highest BCUT2D eigenvalue weighted by Crippen LogP contribution is 2.49. The minimum atomic E-state index is -0.435. The van der Waals surface area contributed by atoms with Crippen LogP contribution in [0.2, 0.25) is 0 Å². The summed E-state index contributed by atoms with van der Waals surface area (Å²) in [5.74, 6) is 0. The molecule has 0 bridgehead atoms. The molecule has 3 rings (SSSR count). The minimum Gasteiger partial charge on any atom is -0.444 e. The third-order valence-electron chi connectivity index (χ3n) is 3.28. The van der Waals surface area contributed by atoms with Crippen molar-refractivity contribution in [2.24, 2.45) is 0 Å². The van der Waals surface area contributed by atoms with E-state index < -0.39 is 5.60 Å². The molecule has 3 fully saturated rings. The van der Waals surface area contributed by atoms with Crippen molar-refractivity contribution in [3.63, 3.8) is 0 Å². The van der Waals surface area contributed by atoms with Gasteiger partial charge in [-0.05, 0) is 20.8 Å². The van der Waals surface area contributed by atoms with Crippen LogP contribution in [0, 0.1) is 0 Å². The van der Waals surface area contributed by atoms with Gasteiger partial charge in [-0.2, -0.15) is 0 Å². The molecule has 0 saturated carbocycles. The molecule has 3 aliphatic heterocycles. The van der Waals surface area contributed by atoms with Gasteiger partial charge in [-0.25, -0.2) is 4.79 Å². The van der Waals surface area contributed by atoms with Gasteiger partial charge in [0.05, 0.1) is 18.7 Å². The summed E-state index contributed by atoms with van der Waals surface area (Å²) in [4.78, 5) is 13.5. The molecule has 3 atom stereocenters. The van der Waals surface area contributed by atoms with E-state index in [4.69, 9.17) is 9.47 Å². The van der Waals surface area contributed by atoms with E-state index >= 15 is 0 Å². The van der Waals surface area contributed by atoms with Crippen LogP contribution in [-0.4, -0.2) is 47.6 Å². The van der Waals surface area contributed by atoms with Gasteiger partial charge in [0, 0.05) is 6.54 Å². The molecule has 0 aliphatic carbocycles. The average Bonchev–Trinajstić information content (AvgIpc) is 1.97. The minimum absolute atomic E-state index is 0.259. The van der Waals surface area contributed by atoms with Crippen molar-refractivity contribution in [2.75, 3.05) is 13.2 Å². The number of amides is 1. The Morgan fingerprint density at radius 1 is 1.53 bits per heavy atom. The molecule has 3 aliphatic rings. The summed E-state index contributed by atoms with van der Waals surface area (Å²) < 4.78 is 10.8. The Labute approximate surface area is 88.7 Å². The van der Waals surface area contributed by atoms with Gasteiger partial charge in [0.2, 0.25) is 0 Å². The molecule has 0 aromatic rings. The number of carbonyl (C=O) groups excluding carboxylic acids is 1. The average molecular weight is 212 g/mol. The number of rotatable bonds is 0. The number of hydrogen-bond acceptors (Lipinski definition) is 4. The summed E-state index contributed by atoms with van der Waals surface area (Å²) in [6.07, 6.45) is -0.259. The quantitative estimate of drug-likeness (QED) is 0.627. The van der Waals surface area contributed by atoms with E-state index in [0.717, 1.165) is 0 Å². The molecule has 3 saturated heterocycles. The van der Waals surface area contributed by atoms with Gasteiger partial charge in [0.1, 0.15) is 5.60 Å². The smallest absolute Gasteiger partial charge is 0.412 e. The lowest BCUT2D eigenvalue weighted by Gasteiger charge is -2.73. The lowest BCUT2D eigenvalue weighted by atomic mass is 9.72. The van der Waals surface area contributed by atoms with Crippen LogP contribution in [0.25, 0.3) is 0 Å². The maximum absolute atomic E-state index is 11.8. The molecule has 84 valence electrons. The van der Waals surface area contributed by atoms with Gasteiger partial charge in [-0.3, -0.25) is 10.2 Å². The highest BCUT2D eigenvalue weighted by atomic mass is 16.6. The van der Waals surface area contributed by atoms with Crippen LogP contribution in [0.15, 0.2) is 0 Å². The number of piperazine rings is 1. The van der Waals surface area contributed by atoms with Crippen molar-refractivity contribution in [3.05, 3.63) is 0 Å². The maximum atomic E-state index is 11.8. The molecule has 0 radical (unpaired) electrons. The number of morpholine rings is 1. The predicted octanol–water partition coefficient (Wildman–Crippen LogP) is 0.304. The number of ether oxygens (including phenoxy) is 2. The largest absolute Gasteiger partial charge is 0.444 e. The van der Waals surface area contributed by atoms with E-state index in [-0.39, 0.29) is 11.8 Å². The van der Waals surface area contributed by atoms with Crippen molar-refractivity contribution in [1.82, 2.24) is 10.2 Å². The molecule has 1 spiro atoms. The Kier molecular flexibility index (Phi) is 1.55. The number of carbonyl (C=O) groups is 1. The SMILES string of the molecule is CC(C)(C)OC(=O)N1CC2NC3COC321. The van der Waals surface area contributed by atoms with Crippen molar-refractivity contribution in [2.45, 2.75) is 44.2 Å². The fraction of sp³-hybridized carbons (Fsp3) is 0.900. The fourth-order valence-electron chi connectivity index (χ4n) is 2.50. The van der Waals surface area contributed by atoms with E-state index in [1.54, 1.807) is 4.90 Å². The number of hydrogen-bond donors (Lipinski definition) is 1. The van der Waals surface area contributed by atoms with Crippen LogP contribution >= 0.6 is 0 Å². The van der Waals surface area contributed by atoms with Crippen LogP contribution in [0.4, 0.5) is 4.79 Å². The van der Waals surface area contributed by atoms with Gasteiger partial charge in [-0.1, -0.05) is 0 Å². The summed E-state index contributed by atoms with van der Waals surface area (Å²) in [5.41, 5.74) is -0.780. The van der Waals surface area contributed by atoms with E-state index in [0.29, 0.717) is 25.2 Å². The Morgan fingerprint density at radius 2 is 2.27 bits per heavy atom. The van der Waals surface area contributed by atoms with Crippen molar-refractivity contribution in [3.8, 4) is 0 Å². The Morgan fingerprint density at radius 3 is 2.67 bits per heavy atom. The monoisotopic (exact) mass is 212 g/mol. The molecular weight excluding hydrogens is 196 g/mol. The second-order valence-electron chi connectivity index (χ2n) is 5.43. The van der Waals surface area contributed by atoms with Crippen LogP contribution in [-0.2, 0) is 9.47 Å². The summed E-state index contributed by atoms with van der Waals surface area (Å²) >= 11 is 0. The summed E-state index contributed by atoms with van der Waals surface area (Å²) in [6.45, 7) is 7.02. The second kappa shape index (κ2) is 2.47. The fourth-order valence-corrected chi connectivity index (χ4v) is 2.50. The van der Waals surface area contributed by atoms with Crippen LogP contribution in [0.1, 0.15) is 20.8 Å². The lowest BCUT2D eigenvalue weighted by molar-refractivity contribution is -0.369. The van der Waals surface area contributed by atoms with Crippen LogP contribution in [0.3, 0.4) is 0 Å². The molecule has 3 unspecified atom stereocenters. The highest BCUT2D eigenvalue weighted by Gasteiger charge is 2.75. The lowest BCUT2D eigenvalue weighted by Crippen LogP contribution is -2.98. The molecule has 0 aromatic heterocycles. The normalized spacial score (nSPS) is 41.7. The molecular formula is C10H16N2O3. The Hall–Kier alpha value is -0.810. The highest BCUT2D eigenvalue weighted by molar-refractivity contribution is 5.72. The van der Waals surface area contributed by atoms with E-state index in [1.165, 1.54) is 0 Å². The molecule has 3 heterocycles. The van der Waals surface area contributed by atoms with Crippen molar-refractivity contribution >= 4 is 6.09 Å². The zero-order valence-corrected chi connectivity index (χ0v) is 9.24. The van der Waals surface area contributed by atoms with Crippen LogP contribution < -0.4 is 5.32 Å². The first kappa shape index (κ1) is 9.42. The molecule has 1 amide bonds. The second-order valence-corrected chi connectivity index (χ2v) is 5.43. The number of nitrogens with zero attached hydrogens (tertiary/aromatic N) is 1. The summed E-state index contributed by atoms with van der Waals surface area (Å²) in [6, 6.07) is 0.646. The van der Waals surface area contributed by atoms with Crippen molar-refractivity contribution in [1.29, 1.82) is 0 Å². The van der Waals surface area contributed by atoms with E-state index in [9.17, 15) is 4.79 Å². The van der Waals surface area contributed by atoms with Gasteiger partial charge in [0.15, 0.2) is 5.72 Å². The first-order chi connectivity index (χ1) is 6.93. The van der Waals surface area contributed by atoms with E-state index in [1.807, 2.05) is 20.8 Å². The zero-order chi connectivity index (χ0) is 10.8. The van der Waals surface area contributed by atoms with E-state index in [2.05, 4.69) is 5.32 Å². The third kappa shape index (κ3) is 1.02. The molecule has 0 aromatic carbocycles. The van der Waals surface area contributed by atoms with Crippen LogP contribution in [0.5, 0.6) is 0 Å². The standard InChI is InChI=1S/C10H16N2O3/c1-9(2,3)15-8(13)12-4-6-10(12)7(11-6)5-14-10/h6-7,11H,4-5H2,1-3H3. The topological polar surface area (TPSA) is 50.8 Å². The summed E-state index contributed by atoms with van der Waals surface area (Å²) in [5, 5.41) is 3.34. The molecule has 15 heavy (non-hydrogen) atoms. The third-order valence-corrected chi connectivity index (χ3v) is 3.28.